The minimum Gasteiger partial charge on any atom is -0.391 e. The Bertz CT molecular complexity index is 398. The summed E-state index contributed by atoms with van der Waals surface area (Å²) in [5.41, 5.74) is 4.08. The van der Waals surface area contributed by atoms with Crippen molar-refractivity contribution >= 4 is 0 Å². The van der Waals surface area contributed by atoms with Gasteiger partial charge in [0.2, 0.25) is 0 Å². The first-order valence-electron chi connectivity index (χ1n) is 8.83. The summed E-state index contributed by atoms with van der Waals surface area (Å²) in [6.07, 6.45) is 15.0. The smallest absolute Gasteiger partial charge is 0.0162 e. The fourth-order valence-electron chi connectivity index (χ4n) is 2.85. The van der Waals surface area contributed by atoms with Crippen LogP contribution in [0, 0.1) is 11.8 Å². The number of nitrogens with one attached hydrogen (secondary N) is 1. The van der Waals surface area contributed by atoms with Gasteiger partial charge in [0, 0.05) is 18.7 Å². The van der Waals surface area contributed by atoms with Crippen LogP contribution in [0.5, 0.6) is 0 Å². The summed E-state index contributed by atoms with van der Waals surface area (Å²) in [7, 11) is 1.99. The second kappa shape index (κ2) is 12.3. The monoisotopic (exact) mass is 303 g/mol. The van der Waals surface area contributed by atoms with Crippen LogP contribution in [0.2, 0.25) is 0 Å². The van der Waals surface area contributed by atoms with Gasteiger partial charge in [0.25, 0.3) is 0 Å². The van der Waals surface area contributed by atoms with E-state index in [1.807, 2.05) is 7.05 Å². The molecule has 0 radical (unpaired) electrons. The Labute approximate surface area is 139 Å². The molecule has 0 aromatic carbocycles. The maximum absolute atomic E-state index is 4.36. The number of hydrogen-bond donors (Lipinski definition) is 1. The molecule has 0 amide bonds. The van der Waals surface area contributed by atoms with Gasteiger partial charge in [-0.25, -0.2) is 0 Å². The van der Waals surface area contributed by atoms with E-state index in [0.717, 1.165) is 19.3 Å². The molecule has 22 heavy (non-hydrogen) atoms. The quantitative estimate of drug-likeness (QED) is 0.435. The molecule has 1 heteroatoms. The van der Waals surface area contributed by atoms with E-state index in [1.54, 1.807) is 0 Å². The maximum Gasteiger partial charge on any atom is 0.0162 e. The van der Waals surface area contributed by atoms with Crippen LogP contribution in [-0.4, -0.2) is 7.05 Å². The lowest BCUT2D eigenvalue weighted by molar-refractivity contribution is 0.582. The highest BCUT2D eigenvalue weighted by Crippen LogP contribution is 2.27. The van der Waals surface area contributed by atoms with Gasteiger partial charge in [-0.2, -0.15) is 0 Å². The highest BCUT2D eigenvalue weighted by molar-refractivity contribution is 5.18. The largest absolute Gasteiger partial charge is 0.391 e. The third-order valence-electron chi connectivity index (χ3n) is 4.20. The summed E-state index contributed by atoms with van der Waals surface area (Å²) >= 11 is 0. The van der Waals surface area contributed by atoms with Gasteiger partial charge >= 0.3 is 0 Å². The molecule has 0 spiro atoms. The lowest BCUT2D eigenvalue weighted by atomic mass is 9.86. The zero-order valence-electron chi connectivity index (χ0n) is 15.7. The molecule has 0 saturated carbocycles. The van der Waals surface area contributed by atoms with E-state index < -0.39 is 0 Å². The number of allylic oxidation sites excluding steroid dienone is 6. The van der Waals surface area contributed by atoms with Crippen LogP contribution in [0.1, 0.15) is 66.7 Å². The summed E-state index contributed by atoms with van der Waals surface area (Å²) in [5, 5.41) is 3.29. The van der Waals surface area contributed by atoms with Crippen molar-refractivity contribution in [2.45, 2.75) is 66.7 Å². The van der Waals surface area contributed by atoms with E-state index in [0.29, 0.717) is 11.8 Å². The van der Waals surface area contributed by atoms with E-state index in [4.69, 9.17) is 0 Å². The summed E-state index contributed by atoms with van der Waals surface area (Å²) in [6, 6.07) is 0. The summed E-state index contributed by atoms with van der Waals surface area (Å²) in [6.45, 7) is 15.4. The van der Waals surface area contributed by atoms with Crippen LogP contribution >= 0.6 is 0 Å². The molecule has 0 aliphatic carbocycles. The minimum atomic E-state index is 0.396. The molecule has 2 unspecified atom stereocenters. The second-order valence-corrected chi connectivity index (χ2v) is 6.22. The second-order valence-electron chi connectivity index (χ2n) is 6.22. The molecule has 0 saturated heterocycles. The molecular formula is C21H37N. The molecule has 1 N–H and O–H groups in total. The predicted octanol–water partition coefficient (Wildman–Crippen LogP) is 6.41. The third kappa shape index (κ3) is 8.26. The maximum atomic E-state index is 4.36. The van der Waals surface area contributed by atoms with E-state index >= 15 is 0 Å². The van der Waals surface area contributed by atoms with Gasteiger partial charge in [0.05, 0.1) is 0 Å². The van der Waals surface area contributed by atoms with Crippen LogP contribution in [0.4, 0.5) is 0 Å². The van der Waals surface area contributed by atoms with E-state index in [-0.39, 0.29) is 0 Å². The van der Waals surface area contributed by atoms with Gasteiger partial charge in [-0.3, -0.25) is 0 Å². The molecule has 0 aliphatic heterocycles. The van der Waals surface area contributed by atoms with Gasteiger partial charge in [-0.1, -0.05) is 69.2 Å². The van der Waals surface area contributed by atoms with Crippen LogP contribution in [0.25, 0.3) is 0 Å². The first-order chi connectivity index (χ1) is 10.5. The van der Waals surface area contributed by atoms with Crippen LogP contribution in [0.15, 0.2) is 47.7 Å². The zero-order chi connectivity index (χ0) is 17.0. The fourth-order valence-corrected chi connectivity index (χ4v) is 2.85. The SMILES string of the molecule is C=C(CC(/C=C/CCC)CC(C)=CCC)C(C)/C(=C/C)NC. The summed E-state index contributed by atoms with van der Waals surface area (Å²) in [4.78, 5) is 0. The molecule has 1 nitrogen and oxygen atoms in total. The van der Waals surface area contributed by atoms with Gasteiger partial charge in [0.15, 0.2) is 0 Å². The van der Waals surface area contributed by atoms with Gasteiger partial charge in [0.1, 0.15) is 0 Å². The minimum absolute atomic E-state index is 0.396. The number of rotatable bonds is 11. The molecule has 0 fully saturated rings. The normalized spacial score (nSPS) is 15.9. The average Bonchev–Trinajstić information content (AvgIpc) is 2.48. The standard InChI is InChI=1S/C21H37N/c1-8-11-12-14-20(15-17(4)13-9-2)16-18(5)19(6)21(10-3)22-7/h10,12-14,19-20,22H,5,8-9,11,15-16H2,1-4,6-7H3/b14-12+,17-13?,21-10-. The molecule has 126 valence electrons. The van der Waals surface area contributed by atoms with Crippen LogP contribution in [0.3, 0.4) is 0 Å². The molecule has 0 aromatic heterocycles. The van der Waals surface area contributed by atoms with Gasteiger partial charge < -0.3 is 5.32 Å². The molecule has 0 aliphatic rings. The van der Waals surface area contributed by atoms with Crippen molar-refractivity contribution in [3.63, 3.8) is 0 Å². The van der Waals surface area contributed by atoms with Crippen molar-refractivity contribution in [1.29, 1.82) is 0 Å². The number of unbranched alkanes of at least 4 members (excludes halogenated alkanes) is 1. The van der Waals surface area contributed by atoms with Crippen LogP contribution in [-0.2, 0) is 0 Å². The van der Waals surface area contributed by atoms with Crippen molar-refractivity contribution in [3.8, 4) is 0 Å². The molecular weight excluding hydrogens is 266 g/mol. The highest BCUT2D eigenvalue weighted by atomic mass is 14.8. The van der Waals surface area contributed by atoms with Crippen LogP contribution < -0.4 is 5.32 Å². The van der Waals surface area contributed by atoms with Gasteiger partial charge in [-0.05, 0) is 45.4 Å². The highest BCUT2D eigenvalue weighted by Gasteiger charge is 2.15. The lowest BCUT2D eigenvalue weighted by Crippen LogP contribution is -2.16. The van der Waals surface area contributed by atoms with Crippen molar-refractivity contribution in [3.05, 3.63) is 47.7 Å². The van der Waals surface area contributed by atoms with E-state index in [1.165, 1.54) is 29.7 Å². The molecule has 0 rings (SSSR count). The Kier molecular flexibility index (Phi) is 11.6. The van der Waals surface area contributed by atoms with Crippen molar-refractivity contribution in [2.24, 2.45) is 11.8 Å². The first-order valence-corrected chi connectivity index (χ1v) is 8.83. The fraction of sp³-hybridized carbons (Fsp3) is 0.619. The van der Waals surface area contributed by atoms with Gasteiger partial charge in [-0.15, -0.1) is 0 Å². The Morgan fingerprint density at radius 2 is 1.91 bits per heavy atom. The van der Waals surface area contributed by atoms with Crippen molar-refractivity contribution in [2.75, 3.05) is 7.05 Å². The Hall–Kier alpha value is -1.24. The predicted molar refractivity (Wildman–Crippen MR) is 102 cm³/mol. The Morgan fingerprint density at radius 3 is 2.41 bits per heavy atom. The summed E-state index contributed by atoms with van der Waals surface area (Å²) < 4.78 is 0. The Balaban J connectivity index is 4.88. The van der Waals surface area contributed by atoms with Crippen molar-refractivity contribution < 1.29 is 0 Å². The topological polar surface area (TPSA) is 12.0 Å². The Morgan fingerprint density at radius 1 is 1.23 bits per heavy atom. The first kappa shape index (κ1) is 20.8. The average molecular weight is 304 g/mol. The molecule has 0 bridgehead atoms. The van der Waals surface area contributed by atoms with E-state index in [2.05, 4.69) is 70.8 Å². The lowest BCUT2D eigenvalue weighted by Gasteiger charge is -2.22. The number of hydrogen-bond acceptors (Lipinski definition) is 1. The van der Waals surface area contributed by atoms with E-state index in [9.17, 15) is 0 Å². The zero-order valence-corrected chi connectivity index (χ0v) is 15.7. The third-order valence-corrected chi connectivity index (χ3v) is 4.20. The molecule has 0 heterocycles. The molecule has 2 atom stereocenters. The molecule has 0 aromatic rings. The summed E-state index contributed by atoms with van der Waals surface area (Å²) in [5.74, 6) is 0.965. The van der Waals surface area contributed by atoms with Crippen molar-refractivity contribution in [1.82, 2.24) is 5.32 Å².